The minimum absolute atomic E-state index is 0.600. The summed E-state index contributed by atoms with van der Waals surface area (Å²) in [6.07, 6.45) is 6.22. The minimum Gasteiger partial charge on any atom is -0.399 e. The Morgan fingerprint density at radius 1 is 1.67 bits per heavy atom. The predicted molar refractivity (Wildman–Crippen MR) is 38.6 cm³/mol. The number of hydrogen-bond acceptors (Lipinski definition) is 2. The standard InChI is InChI=1S/C7H12N2/c1-6(8)4-5-9-7-2-3-7/h4-5,7,9H,1-3,8H2/b5-4-. The van der Waals surface area contributed by atoms with E-state index in [-0.39, 0.29) is 0 Å². The van der Waals surface area contributed by atoms with Crippen LogP contribution in [0.3, 0.4) is 0 Å². The molecule has 1 rings (SSSR count). The molecule has 0 saturated heterocycles. The van der Waals surface area contributed by atoms with Gasteiger partial charge in [0.2, 0.25) is 0 Å². The first-order chi connectivity index (χ1) is 4.29. The summed E-state index contributed by atoms with van der Waals surface area (Å²) in [5.41, 5.74) is 5.88. The molecular formula is C7H12N2. The summed E-state index contributed by atoms with van der Waals surface area (Å²) in [5, 5.41) is 3.17. The van der Waals surface area contributed by atoms with E-state index in [9.17, 15) is 0 Å². The first kappa shape index (κ1) is 6.20. The second-order valence-corrected chi connectivity index (χ2v) is 2.35. The molecule has 0 aromatic heterocycles. The molecule has 50 valence electrons. The molecule has 9 heavy (non-hydrogen) atoms. The van der Waals surface area contributed by atoms with E-state index in [0.717, 1.165) is 0 Å². The van der Waals surface area contributed by atoms with Crippen LogP contribution in [-0.2, 0) is 0 Å². The van der Waals surface area contributed by atoms with Crippen LogP contribution < -0.4 is 11.1 Å². The Hall–Kier alpha value is -0.920. The normalized spacial score (nSPS) is 18.2. The fourth-order valence-corrected chi connectivity index (χ4v) is 0.541. The van der Waals surface area contributed by atoms with Gasteiger partial charge in [0.15, 0.2) is 0 Å². The van der Waals surface area contributed by atoms with Crippen molar-refractivity contribution in [2.75, 3.05) is 0 Å². The fraction of sp³-hybridized carbons (Fsp3) is 0.429. The highest BCUT2D eigenvalue weighted by Crippen LogP contribution is 2.18. The van der Waals surface area contributed by atoms with Crippen molar-refractivity contribution in [2.24, 2.45) is 5.73 Å². The SMILES string of the molecule is C=C(N)/C=C\NC1CC1. The summed E-state index contributed by atoms with van der Waals surface area (Å²) in [7, 11) is 0. The summed E-state index contributed by atoms with van der Waals surface area (Å²) in [5.74, 6) is 0. The van der Waals surface area contributed by atoms with Crippen molar-refractivity contribution in [2.45, 2.75) is 18.9 Å². The number of rotatable bonds is 3. The van der Waals surface area contributed by atoms with Crippen LogP contribution in [0.4, 0.5) is 0 Å². The summed E-state index contributed by atoms with van der Waals surface area (Å²) in [6.45, 7) is 3.52. The lowest BCUT2D eigenvalue weighted by molar-refractivity contribution is 0.861. The lowest BCUT2D eigenvalue weighted by atomic mass is 10.5. The van der Waals surface area contributed by atoms with Crippen LogP contribution in [0.5, 0.6) is 0 Å². The van der Waals surface area contributed by atoms with Crippen LogP contribution in [0, 0.1) is 0 Å². The third kappa shape index (κ3) is 2.80. The molecule has 1 aliphatic rings. The lowest BCUT2D eigenvalue weighted by Gasteiger charge is -1.92. The molecule has 0 aliphatic heterocycles. The van der Waals surface area contributed by atoms with Gasteiger partial charge in [0.05, 0.1) is 0 Å². The van der Waals surface area contributed by atoms with Crippen molar-refractivity contribution in [3.8, 4) is 0 Å². The maximum Gasteiger partial charge on any atom is 0.0257 e. The molecule has 1 fully saturated rings. The van der Waals surface area contributed by atoms with Gasteiger partial charge in [-0.25, -0.2) is 0 Å². The lowest BCUT2D eigenvalue weighted by Crippen LogP contribution is -2.06. The van der Waals surface area contributed by atoms with Gasteiger partial charge in [0.1, 0.15) is 0 Å². The highest BCUT2D eigenvalue weighted by molar-refractivity contribution is 5.09. The van der Waals surface area contributed by atoms with Gasteiger partial charge in [-0.1, -0.05) is 6.58 Å². The second-order valence-electron chi connectivity index (χ2n) is 2.35. The van der Waals surface area contributed by atoms with Gasteiger partial charge < -0.3 is 11.1 Å². The number of hydrogen-bond donors (Lipinski definition) is 2. The Kier molecular flexibility index (Phi) is 1.78. The zero-order chi connectivity index (χ0) is 6.69. The van der Waals surface area contributed by atoms with Gasteiger partial charge in [-0.05, 0) is 25.1 Å². The average Bonchev–Trinajstić information content (AvgIpc) is 2.48. The zero-order valence-corrected chi connectivity index (χ0v) is 5.43. The molecule has 3 N–H and O–H groups in total. The molecule has 2 heteroatoms. The van der Waals surface area contributed by atoms with E-state index >= 15 is 0 Å². The first-order valence-electron chi connectivity index (χ1n) is 3.16. The number of nitrogens with two attached hydrogens (primary N) is 1. The Balaban J connectivity index is 2.08. The summed E-state index contributed by atoms with van der Waals surface area (Å²) in [4.78, 5) is 0. The molecule has 0 atom stereocenters. The van der Waals surface area contributed by atoms with Crippen LogP contribution >= 0.6 is 0 Å². The van der Waals surface area contributed by atoms with Crippen LogP contribution in [0.15, 0.2) is 24.6 Å². The van der Waals surface area contributed by atoms with E-state index < -0.39 is 0 Å². The topological polar surface area (TPSA) is 38.0 Å². The maximum atomic E-state index is 5.28. The Labute approximate surface area is 55.4 Å². The number of nitrogens with one attached hydrogen (secondary N) is 1. The smallest absolute Gasteiger partial charge is 0.0257 e. The van der Waals surface area contributed by atoms with E-state index in [2.05, 4.69) is 11.9 Å². The number of allylic oxidation sites excluding steroid dienone is 1. The molecule has 1 saturated carbocycles. The van der Waals surface area contributed by atoms with Gasteiger partial charge >= 0.3 is 0 Å². The van der Waals surface area contributed by atoms with Gasteiger partial charge in [-0.2, -0.15) is 0 Å². The van der Waals surface area contributed by atoms with Gasteiger partial charge in [-0.3, -0.25) is 0 Å². The Morgan fingerprint density at radius 3 is 2.78 bits per heavy atom. The van der Waals surface area contributed by atoms with E-state index in [1.807, 2.05) is 6.20 Å². The zero-order valence-electron chi connectivity index (χ0n) is 5.43. The highest BCUT2D eigenvalue weighted by Gasteiger charge is 2.18. The molecular weight excluding hydrogens is 112 g/mol. The fourth-order valence-electron chi connectivity index (χ4n) is 0.541. The van der Waals surface area contributed by atoms with Crippen LogP contribution in [0.2, 0.25) is 0 Å². The summed E-state index contributed by atoms with van der Waals surface area (Å²) in [6, 6.07) is 0.709. The molecule has 2 nitrogen and oxygen atoms in total. The van der Waals surface area contributed by atoms with E-state index in [0.29, 0.717) is 11.7 Å². The monoisotopic (exact) mass is 124 g/mol. The van der Waals surface area contributed by atoms with Gasteiger partial charge in [0, 0.05) is 11.7 Å². The minimum atomic E-state index is 0.600. The maximum absolute atomic E-state index is 5.28. The van der Waals surface area contributed by atoms with Crippen molar-refractivity contribution < 1.29 is 0 Å². The van der Waals surface area contributed by atoms with Crippen LogP contribution in [0.25, 0.3) is 0 Å². The molecule has 0 spiro atoms. The largest absolute Gasteiger partial charge is 0.399 e. The van der Waals surface area contributed by atoms with Crippen LogP contribution in [-0.4, -0.2) is 6.04 Å². The van der Waals surface area contributed by atoms with E-state index in [4.69, 9.17) is 5.73 Å². The van der Waals surface area contributed by atoms with Crippen molar-refractivity contribution in [3.05, 3.63) is 24.6 Å². The third-order valence-corrected chi connectivity index (χ3v) is 1.21. The van der Waals surface area contributed by atoms with Gasteiger partial charge in [0.25, 0.3) is 0 Å². The van der Waals surface area contributed by atoms with E-state index in [1.165, 1.54) is 12.8 Å². The molecule has 0 radical (unpaired) electrons. The molecule has 0 aromatic rings. The Morgan fingerprint density at radius 2 is 2.33 bits per heavy atom. The second kappa shape index (κ2) is 2.58. The molecule has 0 unspecified atom stereocenters. The predicted octanol–water partition coefficient (Wildman–Crippen LogP) is 0.724. The van der Waals surface area contributed by atoms with Crippen LogP contribution in [0.1, 0.15) is 12.8 Å². The average molecular weight is 124 g/mol. The van der Waals surface area contributed by atoms with Gasteiger partial charge in [-0.15, -0.1) is 0 Å². The molecule has 0 bridgehead atoms. The molecule has 0 amide bonds. The quantitative estimate of drug-likeness (QED) is 0.544. The van der Waals surface area contributed by atoms with Crippen molar-refractivity contribution in [1.29, 1.82) is 0 Å². The molecule has 0 aromatic carbocycles. The van der Waals surface area contributed by atoms with Crippen molar-refractivity contribution in [3.63, 3.8) is 0 Å². The van der Waals surface area contributed by atoms with E-state index in [1.54, 1.807) is 6.08 Å². The van der Waals surface area contributed by atoms with Crippen molar-refractivity contribution >= 4 is 0 Å². The molecule has 1 aliphatic carbocycles. The first-order valence-corrected chi connectivity index (χ1v) is 3.16. The summed E-state index contributed by atoms with van der Waals surface area (Å²) >= 11 is 0. The third-order valence-electron chi connectivity index (χ3n) is 1.21. The van der Waals surface area contributed by atoms with Crippen molar-refractivity contribution in [1.82, 2.24) is 5.32 Å². The summed E-state index contributed by atoms with van der Waals surface area (Å²) < 4.78 is 0. The highest BCUT2D eigenvalue weighted by atomic mass is 14.9. The Bertz CT molecular complexity index is 134. The molecule has 0 heterocycles.